The fourth-order valence-corrected chi connectivity index (χ4v) is 19.0. The van der Waals surface area contributed by atoms with Crippen molar-refractivity contribution < 1.29 is 50.3 Å². The first-order valence-corrected chi connectivity index (χ1v) is 52.6. The highest BCUT2D eigenvalue weighted by atomic mass is 32.2. The number of quaternary nitrogens is 7. The molecule has 0 heterocycles. The molecular weight excluding hydrogens is 1580 g/mol. The Kier molecular flexibility index (Phi) is 70.8. The quantitative estimate of drug-likeness (QED) is 0.0278. The van der Waals surface area contributed by atoms with E-state index in [-0.39, 0.29) is 0 Å². The molecule has 0 fully saturated rings. The van der Waals surface area contributed by atoms with E-state index in [0.717, 1.165) is 124 Å². The molecule has 0 saturated carbocycles. The Balaban J connectivity index is 0.000000726. The lowest BCUT2D eigenvalue weighted by Gasteiger charge is -2.37. The molecule has 7 aromatic carbocycles. The van der Waals surface area contributed by atoms with Crippen LogP contribution in [0, 0.1) is 0 Å². The molecule has 0 spiro atoms. The van der Waals surface area contributed by atoms with Gasteiger partial charge >= 0.3 is 0 Å². The monoisotopic (exact) mass is 1770 g/mol. The predicted molar refractivity (Wildman–Crippen MR) is 554 cm³/mol. The predicted octanol–water partition coefficient (Wildman–Crippen LogP) is 24.3. The van der Waals surface area contributed by atoms with Crippen LogP contribution in [0.4, 0.5) is 0 Å². The number of hydrogen-bond acceptors (Lipinski definition) is 7. The molecule has 0 saturated heterocycles. The van der Waals surface area contributed by atoms with Crippen molar-refractivity contribution in [1.82, 2.24) is 0 Å². The van der Waals surface area contributed by atoms with Gasteiger partial charge in [0.05, 0.1) is 213 Å². The van der Waals surface area contributed by atoms with Gasteiger partial charge in [-0.05, 0) is 165 Å². The second kappa shape index (κ2) is 74.9. The fourth-order valence-electron chi connectivity index (χ4n) is 15.6. The summed E-state index contributed by atoms with van der Waals surface area (Å²) in [7, 11) is 13.3. The maximum absolute atomic E-state index is 5.91. The summed E-state index contributed by atoms with van der Waals surface area (Å²) in [6.07, 6.45) is 13.1. The molecule has 0 aliphatic carbocycles. The van der Waals surface area contributed by atoms with Gasteiger partial charge in [-0.15, -0.1) is 0 Å². The standard InChI is InChI=1S/C19H34NO.C18H32NO.C17H30NS.C16H28NO.C15H26NS.C13H22NO.C12H20NS/c1-4-7-15-20(6-3,14-5-2)16-18-21-17-13-19-11-9-8-10-12-19;1-4-13-19(6-3,14-5-2)15-17-20-16-12-18-10-8-7-9-11-18;1-4-12-18(6-3,13-5-2)14-15-19-16-17-10-8-7-9-11-17;1-4-17(5-2,6-3)13-15-18-14-12-16-10-8-7-9-11-16;1-4-16(5-2,6-3)12-13-17-14-15-10-8-7-9-11-15;1-14(2,3)10-12-15-11-9-13-7-5-4-6-8-13;1-13(2,3)9-10-14-11-12-7-5-4-6-8-12/h8-12H,4-7,13-18H2,1-3H3;7-11H,4-6,12-17H2,1-3H3;7-11H,4-6,12-16H2,1-3H3;7-11H,4-6,12-15H2,1-3H3;7-11H,4-6,12-14H2,1-3H3;4-8H,9-12H2,1-3H3;4-8H,9-11H2,1-3H3/q7*+1. The molecule has 0 bridgehead atoms. The molecule has 14 heteroatoms. The molecule has 702 valence electrons. The Morgan fingerprint density at radius 3 is 0.629 bits per heavy atom. The normalized spacial score (nSPS) is 12.1. The van der Waals surface area contributed by atoms with Gasteiger partial charge in [0.15, 0.2) is 0 Å². The van der Waals surface area contributed by atoms with Crippen LogP contribution in [-0.4, -0.2) is 288 Å². The Hall–Kier alpha value is -4.85. The number of ether oxygens (including phenoxy) is 4. The number of likely N-dealkylation sites (N-methyl/N-ethyl adjacent to an activating group) is 4. The lowest BCUT2D eigenvalue weighted by Crippen LogP contribution is -2.51. The largest absolute Gasteiger partial charge is 0.375 e. The van der Waals surface area contributed by atoms with Gasteiger partial charge in [-0.1, -0.05) is 260 Å². The molecule has 124 heavy (non-hydrogen) atoms. The van der Waals surface area contributed by atoms with Crippen molar-refractivity contribution in [2.75, 3.05) is 256 Å². The third-order valence-corrected chi connectivity index (χ3v) is 27.7. The third-order valence-electron chi connectivity index (χ3n) is 24.7. The van der Waals surface area contributed by atoms with E-state index in [9.17, 15) is 0 Å². The van der Waals surface area contributed by atoms with Gasteiger partial charge in [0.2, 0.25) is 0 Å². The SMILES string of the molecule is CCCC[N+](CC)(CCC)CCOCCc1ccccc1.CCC[N+](CC)(CCC)CCOCCc1ccccc1.CCC[N+](CC)(CCC)CCSCc1ccccc1.CC[N+](CC)(CC)CCOCCc1ccccc1.CC[N+](CC)(CC)CCSCc1ccccc1.C[N+](C)(C)CCOCCc1ccccc1.C[N+](C)(C)CCSCc1ccccc1. The van der Waals surface area contributed by atoms with Crippen molar-refractivity contribution >= 4 is 35.3 Å². The minimum atomic E-state index is 0.823. The van der Waals surface area contributed by atoms with Crippen LogP contribution >= 0.6 is 35.3 Å². The molecule has 0 radical (unpaired) electrons. The van der Waals surface area contributed by atoms with E-state index >= 15 is 0 Å². The number of hydrogen-bond donors (Lipinski definition) is 0. The molecule has 0 aliphatic rings. The smallest absolute Gasteiger partial charge is 0.102 e. The van der Waals surface area contributed by atoms with E-state index < -0.39 is 0 Å². The highest BCUT2D eigenvalue weighted by Gasteiger charge is 2.27. The lowest BCUT2D eigenvalue weighted by atomic mass is 10.2. The number of unbranched alkanes of at least 4 members (excludes halogenated alkanes) is 1. The van der Waals surface area contributed by atoms with Crippen molar-refractivity contribution in [2.24, 2.45) is 0 Å². The Morgan fingerprint density at radius 2 is 0.395 bits per heavy atom. The lowest BCUT2D eigenvalue weighted by molar-refractivity contribution is -0.927. The van der Waals surface area contributed by atoms with Crippen molar-refractivity contribution in [2.45, 2.75) is 192 Å². The molecule has 7 aromatic rings. The average molecular weight is 1770 g/mol. The Bertz CT molecular complexity index is 3380. The molecular formula is C110H192N7O4S3+7. The third kappa shape index (κ3) is 59.4. The molecule has 11 nitrogen and oxygen atoms in total. The molecule has 1 unspecified atom stereocenters. The van der Waals surface area contributed by atoms with E-state index in [4.69, 9.17) is 18.9 Å². The second-order valence-corrected chi connectivity index (χ2v) is 39.2. The zero-order chi connectivity index (χ0) is 91.5. The van der Waals surface area contributed by atoms with Crippen LogP contribution in [0.5, 0.6) is 0 Å². The van der Waals surface area contributed by atoms with E-state index in [2.05, 4.69) is 376 Å². The van der Waals surface area contributed by atoms with Crippen LogP contribution in [0.25, 0.3) is 0 Å². The first-order chi connectivity index (χ1) is 60.0. The molecule has 0 amide bonds. The van der Waals surface area contributed by atoms with Gasteiger partial charge < -0.3 is 50.3 Å². The fraction of sp³-hybridized carbons (Fsp3) is 0.618. The zero-order valence-electron chi connectivity index (χ0n) is 83.9. The van der Waals surface area contributed by atoms with Gasteiger partial charge in [0.25, 0.3) is 0 Å². The van der Waals surface area contributed by atoms with E-state index in [1.807, 2.05) is 17.8 Å². The first-order valence-electron chi connectivity index (χ1n) is 49.1. The summed E-state index contributed by atoms with van der Waals surface area (Å²) in [5.41, 5.74) is 9.77. The van der Waals surface area contributed by atoms with Crippen molar-refractivity contribution in [3.8, 4) is 0 Å². The van der Waals surface area contributed by atoms with Crippen molar-refractivity contribution in [3.05, 3.63) is 251 Å². The second-order valence-electron chi connectivity index (χ2n) is 35.9. The van der Waals surface area contributed by atoms with Gasteiger partial charge in [-0.2, -0.15) is 35.3 Å². The molecule has 0 N–H and O–H groups in total. The summed E-state index contributed by atoms with van der Waals surface area (Å²) in [6.45, 7) is 68.8. The van der Waals surface area contributed by atoms with Crippen LogP contribution in [0.15, 0.2) is 212 Å². The van der Waals surface area contributed by atoms with Gasteiger partial charge in [-0.3, -0.25) is 0 Å². The minimum absolute atomic E-state index is 0.823. The minimum Gasteiger partial charge on any atom is -0.375 e. The topological polar surface area (TPSA) is 36.9 Å². The van der Waals surface area contributed by atoms with E-state index in [0.29, 0.717) is 0 Å². The number of thioether (sulfide) groups is 3. The van der Waals surface area contributed by atoms with Crippen LogP contribution < -0.4 is 0 Å². The summed E-state index contributed by atoms with van der Waals surface area (Å²) in [5, 5.41) is 0. The van der Waals surface area contributed by atoms with Gasteiger partial charge in [0.1, 0.15) is 26.2 Å². The molecule has 0 aromatic heterocycles. The van der Waals surface area contributed by atoms with Crippen LogP contribution in [0.2, 0.25) is 0 Å². The Labute approximate surface area is 779 Å². The number of benzene rings is 7. The molecule has 1 atom stereocenters. The molecule has 0 aliphatic heterocycles. The van der Waals surface area contributed by atoms with Crippen LogP contribution in [0.3, 0.4) is 0 Å². The summed E-state index contributed by atoms with van der Waals surface area (Å²) < 4.78 is 31.4. The van der Waals surface area contributed by atoms with E-state index in [1.54, 1.807) is 0 Å². The Morgan fingerprint density at radius 1 is 0.194 bits per heavy atom. The van der Waals surface area contributed by atoms with Crippen LogP contribution in [0.1, 0.15) is 188 Å². The maximum Gasteiger partial charge on any atom is 0.102 e. The summed E-state index contributed by atoms with van der Waals surface area (Å²) >= 11 is 6.17. The highest BCUT2D eigenvalue weighted by Crippen LogP contribution is 2.20. The van der Waals surface area contributed by atoms with Gasteiger partial charge in [0, 0.05) is 34.5 Å². The van der Waals surface area contributed by atoms with Crippen molar-refractivity contribution in [3.63, 3.8) is 0 Å². The van der Waals surface area contributed by atoms with Crippen molar-refractivity contribution in [1.29, 1.82) is 0 Å². The number of rotatable bonds is 61. The van der Waals surface area contributed by atoms with Gasteiger partial charge in [-0.25, -0.2) is 0 Å². The zero-order valence-corrected chi connectivity index (χ0v) is 86.4. The number of nitrogens with zero attached hydrogens (tertiary/aromatic N) is 7. The average Bonchev–Trinajstić information content (AvgIpc) is 0.878. The van der Waals surface area contributed by atoms with Crippen LogP contribution in [-0.2, 0) is 61.9 Å². The summed E-state index contributed by atoms with van der Waals surface area (Å²) in [6, 6.07) is 74.5. The highest BCUT2D eigenvalue weighted by molar-refractivity contribution is 7.98. The molecule has 7 rings (SSSR count). The van der Waals surface area contributed by atoms with E-state index in [1.165, 1.54) is 248 Å². The summed E-state index contributed by atoms with van der Waals surface area (Å²) in [5.74, 6) is 7.23. The summed E-state index contributed by atoms with van der Waals surface area (Å²) in [4.78, 5) is 0. The maximum atomic E-state index is 5.91. The first kappa shape index (κ1) is 117.